The fourth-order valence-corrected chi connectivity index (χ4v) is 4.70. The molecule has 2 rings (SSSR count). The van der Waals surface area contributed by atoms with E-state index in [1.54, 1.807) is 0 Å². The molecule has 0 aliphatic carbocycles. The predicted octanol–water partition coefficient (Wildman–Crippen LogP) is 5.14. The maximum atomic E-state index is 12.5. The molecule has 20 heavy (non-hydrogen) atoms. The summed E-state index contributed by atoms with van der Waals surface area (Å²) in [5, 5.41) is 0. The third-order valence-corrected chi connectivity index (χ3v) is 6.21. The van der Waals surface area contributed by atoms with Crippen LogP contribution in [-0.4, -0.2) is 23.3 Å². The van der Waals surface area contributed by atoms with Crippen LogP contribution in [0.25, 0.3) is 0 Å². The number of carbonyl (C=O) groups excluding carboxylic acids is 2. The second-order valence-electron chi connectivity index (χ2n) is 4.93. The molecule has 3 nitrogen and oxygen atoms in total. The Morgan fingerprint density at radius 3 is 2.40 bits per heavy atom. The maximum Gasteiger partial charge on any atom is 0.263 e. The molecule has 0 radical (unpaired) electrons. The number of rotatable bonds is 6. The summed E-state index contributed by atoms with van der Waals surface area (Å²) < 4.78 is 0.767. The second-order valence-corrected chi connectivity index (χ2v) is 8.67. The van der Waals surface area contributed by atoms with Crippen LogP contribution in [0.3, 0.4) is 0 Å². The summed E-state index contributed by atoms with van der Waals surface area (Å²) in [6.07, 6.45) is 4.23. The highest BCUT2D eigenvalue weighted by atomic mass is 79.9. The van der Waals surface area contributed by atoms with Crippen LogP contribution in [0.15, 0.2) is 3.79 Å². The summed E-state index contributed by atoms with van der Waals surface area (Å²) in [4.78, 5) is 27.3. The second kappa shape index (κ2) is 6.71. The lowest BCUT2D eigenvalue weighted by molar-refractivity contribution is 0.0651. The Hall–Kier alpha value is -0.200. The average Bonchev–Trinajstić information content (AvgIpc) is 2.86. The van der Waals surface area contributed by atoms with E-state index in [1.807, 2.05) is 6.92 Å². The molecule has 1 unspecified atom stereocenters. The van der Waals surface area contributed by atoms with E-state index in [9.17, 15) is 9.59 Å². The first-order valence-corrected chi connectivity index (χ1v) is 9.34. The van der Waals surface area contributed by atoms with E-state index in [4.69, 9.17) is 0 Å². The van der Waals surface area contributed by atoms with Crippen LogP contribution in [0, 0.1) is 0 Å². The van der Waals surface area contributed by atoms with Crippen LogP contribution >= 0.6 is 43.2 Å². The van der Waals surface area contributed by atoms with Gasteiger partial charge in [-0.25, -0.2) is 0 Å². The van der Waals surface area contributed by atoms with Crippen LogP contribution in [-0.2, 0) is 0 Å². The Balaban J connectivity index is 2.20. The molecule has 0 spiro atoms. The average molecular weight is 423 g/mol. The summed E-state index contributed by atoms with van der Waals surface area (Å²) >= 11 is 8.39. The normalized spacial score (nSPS) is 15.9. The Morgan fingerprint density at radius 1 is 1.15 bits per heavy atom. The predicted molar refractivity (Wildman–Crippen MR) is 88.9 cm³/mol. The quantitative estimate of drug-likeness (QED) is 0.361. The highest BCUT2D eigenvalue weighted by molar-refractivity contribution is 9.11. The Bertz CT molecular complexity index is 540. The molecular weight excluding hydrogens is 406 g/mol. The van der Waals surface area contributed by atoms with Crippen LogP contribution in [0.4, 0.5) is 0 Å². The third-order valence-electron chi connectivity index (χ3n) is 3.41. The topological polar surface area (TPSA) is 37.4 Å². The largest absolute Gasteiger partial charge is 0.274 e. The molecule has 6 heteroatoms. The van der Waals surface area contributed by atoms with Crippen molar-refractivity contribution in [2.24, 2.45) is 0 Å². The molecule has 2 amide bonds. The van der Waals surface area contributed by atoms with Crippen LogP contribution in [0.1, 0.15) is 70.0 Å². The Labute approximate surface area is 140 Å². The van der Waals surface area contributed by atoms with Gasteiger partial charge in [0.1, 0.15) is 0 Å². The van der Waals surface area contributed by atoms with E-state index < -0.39 is 0 Å². The maximum absolute atomic E-state index is 12.5. The zero-order valence-corrected chi connectivity index (χ0v) is 15.5. The van der Waals surface area contributed by atoms with E-state index in [1.165, 1.54) is 16.2 Å². The van der Waals surface area contributed by atoms with Crippen molar-refractivity contribution < 1.29 is 9.59 Å². The molecular formula is C14H17Br2NO2S. The van der Waals surface area contributed by atoms with Crippen molar-refractivity contribution in [3.8, 4) is 0 Å². The zero-order chi connectivity index (χ0) is 14.9. The molecule has 110 valence electrons. The minimum absolute atomic E-state index is 0.0735. The molecule has 1 atom stereocenters. The summed E-state index contributed by atoms with van der Waals surface area (Å²) in [5.74, 6) is -0.284. The highest BCUT2D eigenvalue weighted by Gasteiger charge is 2.41. The fourth-order valence-electron chi connectivity index (χ4n) is 2.37. The van der Waals surface area contributed by atoms with Gasteiger partial charge in [0.15, 0.2) is 0 Å². The molecule has 2 heterocycles. The van der Waals surface area contributed by atoms with Crippen molar-refractivity contribution in [3.63, 3.8) is 0 Å². The number of halogens is 2. The van der Waals surface area contributed by atoms with Crippen molar-refractivity contribution in [1.29, 1.82) is 0 Å². The minimum atomic E-state index is -0.149. The molecule has 0 aromatic carbocycles. The van der Waals surface area contributed by atoms with Crippen LogP contribution < -0.4 is 0 Å². The first-order chi connectivity index (χ1) is 9.49. The van der Waals surface area contributed by atoms with Crippen LogP contribution in [0.2, 0.25) is 0 Å². The summed E-state index contributed by atoms with van der Waals surface area (Å²) in [5.41, 5.74) is 1.14. The SMILES string of the molecule is CCCCCCN1C(=O)c2c(Br)sc(C(C)Br)c2C1=O. The molecule has 0 N–H and O–H groups in total. The van der Waals surface area contributed by atoms with Gasteiger partial charge in [-0.05, 0) is 29.3 Å². The van der Waals surface area contributed by atoms with E-state index in [2.05, 4.69) is 38.8 Å². The Kier molecular flexibility index (Phi) is 5.42. The molecule has 1 aromatic rings. The minimum Gasteiger partial charge on any atom is -0.274 e. The van der Waals surface area contributed by atoms with Gasteiger partial charge < -0.3 is 0 Å². The monoisotopic (exact) mass is 421 g/mol. The van der Waals surface area contributed by atoms with E-state index in [0.717, 1.165) is 34.3 Å². The third kappa shape index (κ3) is 2.88. The first kappa shape index (κ1) is 16.2. The molecule has 1 aliphatic rings. The van der Waals surface area contributed by atoms with Gasteiger partial charge in [0.2, 0.25) is 0 Å². The Morgan fingerprint density at radius 2 is 1.80 bits per heavy atom. The number of unbranched alkanes of at least 4 members (excludes halogenated alkanes) is 3. The number of thiophene rings is 1. The highest BCUT2D eigenvalue weighted by Crippen LogP contribution is 2.43. The van der Waals surface area contributed by atoms with E-state index in [0.29, 0.717) is 17.7 Å². The van der Waals surface area contributed by atoms with Gasteiger partial charge in [0.25, 0.3) is 11.8 Å². The number of imide groups is 1. The standard InChI is InChI=1S/C14H17Br2NO2S/c1-3-4-5-6-7-17-13(18)9-10(14(17)19)12(16)20-11(9)8(2)15/h8H,3-7H2,1-2H3. The van der Waals surface area contributed by atoms with E-state index in [-0.39, 0.29) is 16.6 Å². The number of hydrogen-bond acceptors (Lipinski definition) is 3. The number of carbonyl (C=O) groups is 2. The van der Waals surface area contributed by atoms with Gasteiger partial charge in [-0.2, -0.15) is 0 Å². The first-order valence-electron chi connectivity index (χ1n) is 6.81. The lowest BCUT2D eigenvalue weighted by Gasteiger charge is -2.14. The van der Waals surface area contributed by atoms with Gasteiger partial charge in [0, 0.05) is 16.2 Å². The van der Waals surface area contributed by atoms with Gasteiger partial charge in [-0.3, -0.25) is 14.5 Å². The molecule has 0 saturated heterocycles. The summed E-state index contributed by atoms with van der Waals surface area (Å²) in [6.45, 7) is 4.64. The molecule has 0 bridgehead atoms. The lowest BCUT2D eigenvalue weighted by Crippen LogP contribution is -2.31. The van der Waals surface area contributed by atoms with Crippen molar-refractivity contribution in [1.82, 2.24) is 4.90 Å². The van der Waals surface area contributed by atoms with Crippen molar-refractivity contribution in [2.75, 3.05) is 6.54 Å². The fraction of sp³-hybridized carbons (Fsp3) is 0.571. The van der Waals surface area contributed by atoms with Gasteiger partial charge >= 0.3 is 0 Å². The molecule has 1 aromatic heterocycles. The summed E-state index contributed by atoms with van der Waals surface area (Å²) in [7, 11) is 0. The number of fused-ring (bicyclic) bond motifs is 1. The van der Waals surface area contributed by atoms with Crippen molar-refractivity contribution in [2.45, 2.75) is 44.4 Å². The van der Waals surface area contributed by atoms with Gasteiger partial charge in [0.05, 0.1) is 14.9 Å². The molecule has 1 aliphatic heterocycles. The lowest BCUT2D eigenvalue weighted by atomic mass is 10.1. The number of alkyl halides is 1. The van der Waals surface area contributed by atoms with Gasteiger partial charge in [-0.1, -0.05) is 42.1 Å². The van der Waals surface area contributed by atoms with Crippen molar-refractivity contribution >= 4 is 55.0 Å². The number of nitrogens with zero attached hydrogens (tertiary/aromatic N) is 1. The molecule has 0 saturated carbocycles. The van der Waals surface area contributed by atoms with Crippen molar-refractivity contribution in [3.05, 3.63) is 19.8 Å². The van der Waals surface area contributed by atoms with E-state index >= 15 is 0 Å². The van der Waals surface area contributed by atoms with Gasteiger partial charge in [-0.15, -0.1) is 11.3 Å². The summed E-state index contributed by atoms with van der Waals surface area (Å²) in [6, 6.07) is 0. The van der Waals surface area contributed by atoms with Crippen LogP contribution in [0.5, 0.6) is 0 Å². The smallest absolute Gasteiger partial charge is 0.263 e. The zero-order valence-electron chi connectivity index (χ0n) is 11.5. The number of amides is 2. The molecule has 0 fully saturated rings. The number of hydrogen-bond donors (Lipinski definition) is 0.